The number of methoxy groups -OCH3 is 1. The molecule has 0 aliphatic carbocycles. The first-order chi connectivity index (χ1) is 7.15. The molecule has 1 aromatic heterocycles. The number of hydrogen-bond donors (Lipinski definition) is 1. The van der Waals surface area contributed by atoms with Crippen LogP contribution in [0.3, 0.4) is 0 Å². The number of aryl methyl sites for hydroxylation is 1. The Morgan fingerprint density at radius 1 is 1.40 bits per heavy atom. The first-order valence-electron chi connectivity index (χ1n) is 4.57. The Hall–Kier alpha value is -1.97. The van der Waals surface area contributed by atoms with Gasteiger partial charge >= 0.3 is 5.97 Å². The first kappa shape index (κ1) is 9.58. The summed E-state index contributed by atoms with van der Waals surface area (Å²) in [5, 5.41) is 0.823. The van der Waals surface area contributed by atoms with E-state index in [1.807, 2.05) is 29.9 Å². The second kappa shape index (κ2) is 3.31. The van der Waals surface area contributed by atoms with E-state index in [0.29, 0.717) is 11.3 Å². The number of ether oxygens (including phenoxy) is 1. The van der Waals surface area contributed by atoms with Crippen LogP contribution in [-0.4, -0.2) is 17.6 Å². The lowest BCUT2D eigenvalue weighted by Crippen LogP contribution is -2.06. The van der Waals surface area contributed by atoms with Crippen molar-refractivity contribution in [1.29, 1.82) is 0 Å². The smallest absolute Gasteiger partial charge is 0.340 e. The molecule has 0 aliphatic heterocycles. The summed E-state index contributed by atoms with van der Waals surface area (Å²) in [6.07, 6.45) is 1.89. The largest absolute Gasteiger partial charge is 0.465 e. The van der Waals surface area contributed by atoms with Crippen LogP contribution in [0, 0.1) is 0 Å². The average molecular weight is 204 g/mol. The number of nitrogens with zero attached hydrogens (tertiary/aromatic N) is 1. The molecule has 1 heterocycles. The fourth-order valence-electron chi connectivity index (χ4n) is 1.70. The van der Waals surface area contributed by atoms with E-state index in [-0.39, 0.29) is 0 Å². The zero-order valence-electron chi connectivity index (χ0n) is 8.65. The topological polar surface area (TPSA) is 57.2 Å². The number of carbonyl (C=O) groups is 1. The average Bonchev–Trinajstić information content (AvgIpc) is 2.59. The van der Waals surface area contributed by atoms with E-state index in [2.05, 4.69) is 0 Å². The molecule has 0 radical (unpaired) electrons. The van der Waals surface area contributed by atoms with Gasteiger partial charge in [0.2, 0.25) is 0 Å². The number of aromatic nitrogens is 1. The van der Waals surface area contributed by atoms with Gasteiger partial charge in [-0.1, -0.05) is 0 Å². The van der Waals surface area contributed by atoms with Crippen molar-refractivity contribution in [2.24, 2.45) is 7.05 Å². The van der Waals surface area contributed by atoms with Gasteiger partial charge in [0.05, 0.1) is 12.7 Å². The van der Waals surface area contributed by atoms with Crippen molar-refractivity contribution in [1.82, 2.24) is 4.57 Å². The van der Waals surface area contributed by atoms with Crippen molar-refractivity contribution in [2.45, 2.75) is 0 Å². The Morgan fingerprint density at radius 2 is 2.13 bits per heavy atom. The van der Waals surface area contributed by atoms with Crippen molar-refractivity contribution in [3.63, 3.8) is 0 Å². The van der Waals surface area contributed by atoms with E-state index in [1.54, 1.807) is 6.07 Å². The van der Waals surface area contributed by atoms with Gasteiger partial charge in [0, 0.05) is 29.8 Å². The highest BCUT2D eigenvalue weighted by atomic mass is 16.5. The summed E-state index contributed by atoms with van der Waals surface area (Å²) in [7, 11) is 3.27. The molecule has 2 N–H and O–H groups in total. The molecule has 0 saturated heterocycles. The molecule has 0 spiro atoms. The maximum atomic E-state index is 11.5. The predicted octanol–water partition coefficient (Wildman–Crippen LogP) is 1.55. The van der Waals surface area contributed by atoms with Gasteiger partial charge in [0.25, 0.3) is 0 Å². The standard InChI is InChI=1S/C11H12N2O2/c1-13-6-5-7-9(13)4-3-8(12)10(7)11(14)15-2/h3-6H,12H2,1-2H3. The second-order valence-corrected chi connectivity index (χ2v) is 3.38. The van der Waals surface area contributed by atoms with Crippen LogP contribution >= 0.6 is 0 Å². The van der Waals surface area contributed by atoms with Crippen molar-refractivity contribution >= 4 is 22.6 Å². The minimum Gasteiger partial charge on any atom is -0.465 e. The lowest BCUT2D eigenvalue weighted by molar-refractivity contribution is 0.0604. The van der Waals surface area contributed by atoms with Crippen LogP contribution in [0.1, 0.15) is 10.4 Å². The predicted molar refractivity (Wildman–Crippen MR) is 58.7 cm³/mol. The van der Waals surface area contributed by atoms with Crippen LogP contribution in [0.25, 0.3) is 10.9 Å². The Labute approximate surface area is 87.2 Å². The summed E-state index contributed by atoms with van der Waals surface area (Å²) in [5.41, 5.74) is 7.61. The number of hydrogen-bond acceptors (Lipinski definition) is 3. The Morgan fingerprint density at radius 3 is 2.80 bits per heavy atom. The molecule has 1 aromatic carbocycles. The summed E-state index contributed by atoms with van der Waals surface area (Å²) < 4.78 is 6.64. The monoisotopic (exact) mass is 204 g/mol. The normalized spacial score (nSPS) is 10.5. The molecule has 0 saturated carbocycles. The number of carbonyl (C=O) groups excluding carboxylic acids is 1. The minimum atomic E-state index is -0.399. The van der Waals surface area contributed by atoms with Crippen LogP contribution in [0.2, 0.25) is 0 Å². The lowest BCUT2D eigenvalue weighted by atomic mass is 10.1. The molecule has 0 aliphatic rings. The van der Waals surface area contributed by atoms with Crippen molar-refractivity contribution in [3.8, 4) is 0 Å². The lowest BCUT2D eigenvalue weighted by Gasteiger charge is -2.05. The molecule has 4 nitrogen and oxygen atoms in total. The maximum Gasteiger partial charge on any atom is 0.340 e. The Balaban J connectivity index is 2.80. The molecule has 15 heavy (non-hydrogen) atoms. The highest BCUT2D eigenvalue weighted by molar-refractivity contribution is 6.08. The van der Waals surface area contributed by atoms with Crippen LogP contribution in [-0.2, 0) is 11.8 Å². The zero-order chi connectivity index (χ0) is 11.0. The van der Waals surface area contributed by atoms with E-state index < -0.39 is 5.97 Å². The van der Waals surface area contributed by atoms with E-state index in [0.717, 1.165) is 10.9 Å². The SMILES string of the molecule is COC(=O)c1c(N)ccc2c1ccn2C. The molecule has 2 rings (SSSR count). The maximum absolute atomic E-state index is 11.5. The summed E-state index contributed by atoms with van der Waals surface area (Å²) in [6, 6.07) is 5.46. The number of anilines is 1. The van der Waals surface area contributed by atoms with Crippen LogP contribution in [0.5, 0.6) is 0 Å². The first-order valence-corrected chi connectivity index (χ1v) is 4.57. The Kier molecular flexibility index (Phi) is 2.11. The molecule has 78 valence electrons. The van der Waals surface area contributed by atoms with E-state index in [9.17, 15) is 4.79 Å². The molecule has 0 atom stereocenters. The quantitative estimate of drug-likeness (QED) is 0.566. The van der Waals surface area contributed by atoms with E-state index in [4.69, 9.17) is 10.5 Å². The summed E-state index contributed by atoms with van der Waals surface area (Å²) in [6.45, 7) is 0. The van der Waals surface area contributed by atoms with E-state index >= 15 is 0 Å². The molecule has 0 amide bonds. The minimum absolute atomic E-state index is 0.399. The van der Waals surface area contributed by atoms with Crippen LogP contribution < -0.4 is 5.73 Å². The van der Waals surface area contributed by atoms with Crippen LogP contribution in [0.4, 0.5) is 5.69 Å². The molecule has 4 heteroatoms. The van der Waals surface area contributed by atoms with Crippen molar-refractivity contribution < 1.29 is 9.53 Å². The number of fused-ring (bicyclic) bond motifs is 1. The van der Waals surface area contributed by atoms with Crippen molar-refractivity contribution in [3.05, 3.63) is 30.0 Å². The van der Waals surface area contributed by atoms with Crippen LogP contribution in [0.15, 0.2) is 24.4 Å². The molecule has 0 fully saturated rings. The van der Waals surface area contributed by atoms with Gasteiger partial charge in [-0.2, -0.15) is 0 Å². The number of nitrogens with two attached hydrogens (primary N) is 1. The molecule has 0 unspecified atom stereocenters. The third kappa shape index (κ3) is 1.34. The van der Waals surface area contributed by atoms with Gasteiger partial charge in [0.1, 0.15) is 0 Å². The summed E-state index contributed by atoms with van der Waals surface area (Å²) in [5.74, 6) is -0.399. The summed E-state index contributed by atoms with van der Waals surface area (Å²) in [4.78, 5) is 11.5. The van der Waals surface area contributed by atoms with Gasteiger partial charge in [-0.05, 0) is 18.2 Å². The summed E-state index contributed by atoms with van der Waals surface area (Å²) >= 11 is 0. The van der Waals surface area contributed by atoms with Gasteiger partial charge < -0.3 is 15.0 Å². The van der Waals surface area contributed by atoms with Crippen molar-refractivity contribution in [2.75, 3.05) is 12.8 Å². The van der Waals surface area contributed by atoms with Gasteiger partial charge in [-0.25, -0.2) is 4.79 Å². The van der Waals surface area contributed by atoms with Gasteiger partial charge in [-0.3, -0.25) is 0 Å². The second-order valence-electron chi connectivity index (χ2n) is 3.38. The highest BCUT2D eigenvalue weighted by Gasteiger charge is 2.15. The third-order valence-corrected chi connectivity index (χ3v) is 2.49. The Bertz CT molecular complexity index is 529. The number of esters is 1. The van der Waals surface area contributed by atoms with E-state index in [1.165, 1.54) is 7.11 Å². The molecule has 2 aromatic rings. The highest BCUT2D eigenvalue weighted by Crippen LogP contribution is 2.25. The van der Waals surface area contributed by atoms with Gasteiger partial charge in [0.15, 0.2) is 0 Å². The van der Waals surface area contributed by atoms with Gasteiger partial charge in [-0.15, -0.1) is 0 Å². The number of benzene rings is 1. The molecule has 0 bridgehead atoms. The number of nitrogen functional groups attached to an aromatic ring is 1. The third-order valence-electron chi connectivity index (χ3n) is 2.49. The number of rotatable bonds is 1. The fourth-order valence-corrected chi connectivity index (χ4v) is 1.70. The zero-order valence-corrected chi connectivity index (χ0v) is 8.65. The molecular weight excluding hydrogens is 192 g/mol. The molecular formula is C11H12N2O2. The fraction of sp³-hybridized carbons (Fsp3) is 0.182.